The van der Waals surface area contributed by atoms with Crippen LogP contribution in [0.25, 0.3) is 10.9 Å². The van der Waals surface area contributed by atoms with Crippen molar-refractivity contribution in [2.75, 3.05) is 6.54 Å². The number of hydrogen-bond acceptors (Lipinski definition) is 4. The van der Waals surface area contributed by atoms with E-state index in [0.29, 0.717) is 13.1 Å². The molecule has 0 atom stereocenters. The number of benzene rings is 1. The Morgan fingerprint density at radius 1 is 1.14 bits per heavy atom. The lowest BCUT2D eigenvalue weighted by molar-refractivity contribution is 0.570. The van der Waals surface area contributed by atoms with Gasteiger partial charge in [0.1, 0.15) is 5.01 Å². The van der Waals surface area contributed by atoms with E-state index >= 15 is 0 Å². The third-order valence-corrected chi connectivity index (χ3v) is 5.07. The van der Waals surface area contributed by atoms with Crippen molar-refractivity contribution in [2.24, 2.45) is 4.99 Å². The number of pyridine rings is 1. The molecule has 2 aromatic heterocycles. The summed E-state index contributed by atoms with van der Waals surface area (Å²) in [6.07, 6.45) is 1.84. The molecule has 5 nitrogen and oxygen atoms in total. The van der Waals surface area contributed by atoms with Gasteiger partial charge in [-0.3, -0.25) is 4.98 Å². The van der Waals surface area contributed by atoms with Crippen LogP contribution in [0.2, 0.25) is 0 Å². The summed E-state index contributed by atoms with van der Waals surface area (Å²) in [4.78, 5) is 13.9. The molecule has 0 bridgehead atoms. The quantitative estimate of drug-likeness (QED) is 0.293. The molecular formula is C21H28IN5S. The number of nitrogens with one attached hydrogen (secondary N) is 2. The number of rotatable bonds is 5. The van der Waals surface area contributed by atoms with Gasteiger partial charge in [0.05, 0.1) is 24.3 Å². The average molecular weight is 509 g/mol. The van der Waals surface area contributed by atoms with Crippen molar-refractivity contribution in [3.05, 3.63) is 58.2 Å². The fourth-order valence-electron chi connectivity index (χ4n) is 2.69. The van der Waals surface area contributed by atoms with Crippen LogP contribution in [-0.4, -0.2) is 22.5 Å². The van der Waals surface area contributed by atoms with E-state index in [9.17, 15) is 0 Å². The Kier molecular flexibility index (Phi) is 8.18. The number of hydrogen-bond donors (Lipinski definition) is 2. The minimum absolute atomic E-state index is 0. The first kappa shape index (κ1) is 22.5. The van der Waals surface area contributed by atoms with Crippen LogP contribution >= 0.6 is 35.3 Å². The van der Waals surface area contributed by atoms with Crippen molar-refractivity contribution in [3.8, 4) is 0 Å². The largest absolute Gasteiger partial charge is 0.357 e. The molecule has 0 saturated carbocycles. The minimum atomic E-state index is 0. The highest BCUT2D eigenvalue weighted by Crippen LogP contribution is 2.23. The van der Waals surface area contributed by atoms with Gasteiger partial charge in [-0.1, -0.05) is 39.0 Å². The van der Waals surface area contributed by atoms with Gasteiger partial charge in [0, 0.05) is 28.9 Å². The Hall–Kier alpha value is -1.74. The maximum absolute atomic E-state index is 4.75. The van der Waals surface area contributed by atoms with E-state index in [1.54, 1.807) is 11.3 Å². The minimum Gasteiger partial charge on any atom is -0.357 e. The normalized spacial score (nSPS) is 11.9. The van der Waals surface area contributed by atoms with E-state index in [0.717, 1.165) is 34.1 Å². The summed E-state index contributed by atoms with van der Waals surface area (Å²) in [5, 5.41) is 11.1. The van der Waals surface area contributed by atoms with E-state index in [-0.39, 0.29) is 29.4 Å². The second-order valence-electron chi connectivity index (χ2n) is 7.41. The van der Waals surface area contributed by atoms with Gasteiger partial charge in [-0.15, -0.1) is 35.3 Å². The van der Waals surface area contributed by atoms with Crippen LogP contribution in [0, 0.1) is 0 Å². The molecular weight excluding hydrogens is 481 g/mol. The van der Waals surface area contributed by atoms with Crippen molar-refractivity contribution in [1.82, 2.24) is 20.6 Å². The first-order chi connectivity index (χ1) is 13.0. The molecule has 2 heterocycles. The Bertz CT molecular complexity index is 924. The van der Waals surface area contributed by atoms with Gasteiger partial charge in [-0.05, 0) is 24.6 Å². The lowest BCUT2D eigenvalue weighted by Gasteiger charge is -2.14. The third-order valence-electron chi connectivity index (χ3n) is 4.22. The summed E-state index contributed by atoms with van der Waals surface area (Å²) in [6.45, 7) is 10.7. The fourth-order valence-corrected chi connectivity index (χ4v) is 3.66. The first-order valence-electron chi connectivity index (χ1n) is 9.27. The van der Waals surface area contributed by atoms with Gasteiger partial charge in [0.15, 0.2) is 5.96 Å². The molecule has 2 N–H and O–H groups in total. The number of aliphatic imine (C=N–C) groups is 1. The van der Waals surface area contributed by atoms with Crippen molar-refractivity contribution in [2.45, 2.75) is 46.2 Å². The Labute approximate surface area is 188 Å². The van der Waals surface area contributed by atoms with Crippen molar-refractivity contribution < 1.29 is 0 Å². The molecule has 0 aliphatic rings. The predicted octanol–water partition coefficient (Wildman–Crippen LogP) is 4.86. The van der Waals surface area contributed by atoms with Crippen LogP contribution < -0.4 is 10.6 Å². The Morgan fingerprint density at radius 3 is 2.64 bits per heavy atom. The second-order valence-corrected chi connectivity index (χ2v) is 8.36. The number of nitrogens with zero attached hydrogens (tertiary/aromatic N) is 3. The maximum atomic E-state index is 4.75. The summed E-state index contributed by atoms with van der Waals surface area (Å²) in [6, 6.07) is 10.2. The molecule has 0 aliphatic carbocycles. The molecule has 0 aliphatic heterocycles. The smallest absolute Gasteiger partial charge is 0.191 e. The molecule has 3 rings (SSSR count). The number of aromatic nitrogens is 2. The van der Waals surface area contributed by atoms with Crippen LogP contribution in [0.4, 0.5) is 0 Å². The number of fused-ring (bicyclic) bond motifs is 1. The van der Waals surface area contributed by atoms with Crippen LogP contribution in [0.15, 0.2) is 46.9 Å². The summed E-state index contributed by atoms with van der Waals surface area (Å²) in [7, 11) is 0. The van der Waals surface area contributed by atoms with Crippen LogP contribution in [0.3, 0.4) is 0 Å². The molecule has 7 heteroatoms. The molecule has 0 radical (unpaired) electrons. The van der Waals surface area contributed by atoms with E-state index in [2.05, 4.69) is 54.8 Å². The van der Waals surface area contributed by atoms with Crippen LogP contribution in [0.5, 0.6) is 0 Å². The van der Waals surface area contributed by atoms with Gasteiger partial charge in [-0.2, -0.15) is 0 Å². The highest BCUT2D eigenvalue weighted by Gasteiger charge is 2.17. The number of halogens is 1. The van der Waals surface area contributed by atoms with E-state index in [1.807, 2.05) is 30.5 Å². The molecule has 0 fully saturated rings. The van der Waals surface area contributed by atoms with Crippen molar-refractivity contribution in [1.29, 1.82) is 0 Å². The van der Waals surface area contributed by atoms with E-state index in [1.165, 1.54) is 5.56 Å². The van der Waals surface area contributed by atoms with Gasteiger partial charge in [0.2, 0.25) is 0 Å². The molecule has 0 spiro atoms. The molecule has 28 heavy (non-hydrogen) atoms. The van der Waals surface area contributed by atoms with Gasteiger partial charge in [-0.25, -0.2) is 9.98 Å². The molecule has 0 saturated heterocycles. The Morgan fingerprint density at radius 2 is 1.93 bits per heavy atom. The summed E-state index contributed by atoms with van der Waals surface area (Å²) in [5.74, 6) is 0.797. The first-order valence-corrected chi connectivity index (χ1v) is 10.1. The topological polar surface area (TPSA) is 62.2 Å². The fraction of sp³-hybridized carbons (Fsp3) is 0.381. The molecule has 0 amide bonds. The highest BCUT2D eigenvalue weighted by molar-refractivity contribution is 14.0. The number of thiazole rings is 1. The number of para-hydroxylation sites is 1. The lowest BCUT2D eigenvalue weighted by atomic mass is 9.93. The molecule has 150 valence electrons. The Balaban J connectivity index is 0.00000280. The summed E-state index contributed by atoms with van der Waals surface area (Å²) < 4.78 is 0. The molecule has 1 aromatic carbocycles. The molecule has 3 aromatic rings. The number of guanidine groups is 1. The van der Waals surface area contributed by atoms with E-state index in [4.69, 9.17) is 9.98 Å². The monoisotopic (exact) mass is 509 g/mol. The molecule has 0 unspecified atom stereocenters. The lowest BCUT2D eigenvalue weighted by Crippen LogP contribution is -2.36. The standard InChI is InChI=1S/C21H27N5S.HI/c1-5-22-20(25-13-19-26-18(14-27-19)21(2,3)4)24-12-15-10-11-23-17-9-7-6-8-16(15)17;/h6-11,14H,5,12-13H2,1-4H3,(H2,22,24,25);1H. The van der Waals surface area contributed by atoms with Crippen molar-refractivity contribution >= 4 is 52.2 Å². The van der Waals surface area contributed by atoms with Crippen LogP contribution in [-0.2, 0) is 18.5 Å². The summed E-state index contributed by atoms with van der Waals surface area (Å²) in [5.41, 5.74) is 3.38. The zero-order valence-electron chi connectivity index (χ0n) is 16.8. The SMILES string of the molecule is CCNC(=NCc1ccnc2ccccc12)NCc1nc(C(C)(C)C)cs1.I. The van der Waals surface area contributed by atoms with Gasteiger partial charge in [0.25, 0.3) is 0 Å². The second kappa shape index (κ2) is 10.2. The van der Waals surface area contributed by atoms with Crippen LogP contribution in [0.1, 0.15) is 44.0 Å². The zero-order chi connectivity index (χ0) is 19.3. The van der Waals surface area contributed by atoms with Crippen molar-refractivity contribution in [3.63, 3.8) is 0 Å². The average Bonchev–Trinajstić information content (AvgIpc) is 3.13. The third kappa shape index (κ3) is 5.88. The summed E-state index contributed by atoms with van der Waals surface area (Å²) >= 11 is 1.69. The maximum Gasteiger partial charge on any atom is 0.191 e. The predicted molar refractivity (Wildman–Crippen MR) is 130 cm³/mol. The van der Waals surface area contributed by atoms with Gasteiger partial charge < -0.3 is 10.6 Å². The highest BCUT2D eigenvalue weighted by atomic mass is 127. The van der Waals surface area contributed by atoms with Gasteiger partial charge >= 0.3 is 0 Å². The zero-order valence-corrected chi connectivity index (χ0v) is 20.0. The van der Waals surface area contributed by atoms with E-state index < -0.39 is 0 Å².